The molecule has 1 aliphatic rings. The monoisotopic (exact) mass is 250 g/mol. The highest BCUT2D eigenvalue weighted by Gasteiger charge is 2.13. The van der Waals surface area contributed by atoms with Crippen LogP contribution in [0.3, 0.4) is 0 Å². The van der Waals surface area contributed by atoms with Crippen LogP contribution in [0.25, 0.3) is 0 Å². The second-order valence-corrected chi connectivity index (χ2v) is 4.63. The van der Waals surface area contributed by atoms with Gasteiger partial charge in [0.25, 0.3) is 0 Å². The molecule has 0 radical (unpaired) electrons. The van der Waals surface area contributed by atoms with Gasteiger partial charge in [0, 0.05) is 33.0 Å². The van der Waals surface area contributed by atoms with E-state index in [-0.39, 0.29) is 0 Å². The zero-order valence-electron chi connectivity index (χ0n) is 11.0. The number of rotatable bonds is 4. The molecule has 2 rings (SSSR count). The minimum absolute atomic E-state index is 0.495. The Bertz CT molecular complexity index is 409. The molecule has 6 nitrogen and oxygen atoms in total. The maximum atomic E-state index is 5.57. The number of guanidine groups is 1. The molecule has 0 atom stereocenters. The molecule has 0 saturated heterocycles. The van der Waals surface area contributed by atoms with Crippen LogP contribution in [0, 0.1) is 0 Å². The maximum absolute atomic E-state index is 5.57. The predicted octanol–water partition coefficient (Wildman–Crippen LogP) is 0.471. The minimum Gasteiger partial charge on any atom is -0.370 e. The number of hydrogen-bond donors (Lipinski definition) is 2. The first-order valence-corrected chi connectivity index (χ1v) is 6.68. The van der Waals surface area contributed by atoms with Crippen molar-refractivity contribution in [2.75, 3.05) is 13.6 Å². The van der Waals surface area contributed by atoms with Gasteiger partial charge in [-0.3, -0.25) is 4.99 Å². The van der Waals surface area contributed by atoms with Gasteiger partial charge in [-0.15, -0.1) is 10.2 Å². The highest BCUT2D eigenvalue weighted by molar-refractivity contribution is 5.77. The normalized spacial score (nSPS) is 16.2. The van der Waals surface area contributed by atoms with Gasteiger partial charge in [0.15, 0.2) is 5.96 Å². The van der Waals surface area contributed by atoms with Crippen molar-refractivity contribution in [3.05, 3.63) is 11.6 Å². The van der Waals surface area contributed by atoms with Crippen LogP contribution < -0.4 is 11.1 Å². The zero-order valence-corrected chi connectivity index (χ0v) is 11.0. The van der Waals surface area contributed by atoms with Crippen molar-refractivity contribution in [1.29, 1.82) is 0 Å². The van der Waals surface area contributed by atoms with E-state index >= 15 is 0 Å². The van der Waals surface area contributed by atoms with E-state index in [1.54, 1.807) is 7.05 Å². The Morgan fingerprint density at radius 3 is 3.11 bits per heavy atom. The van der Waals surface area contributed by atoms with E-state index in [0.717, 1.165) is 44.0 Å². The Labute approximate surface area is 108 Å². The molecule has 1 aromatic rings. The van der Waals surface area contributed by atoms with E-state index in [2.05, 4.69) is 25.1 Å². The van der Waals surface area contributed by atoms with Crippen molar-refractivity contribution >= 4 is 5.96 Å². The van der Waals surface area contributed by atoms with Gasteiger partial charge in [-0.1, -0.05) is 6.42 Å². The van der Waals surface area contributed by atoms with Gasteiger partial charge >= 0.3 is 0 Å². The van der Waals surface area contributed by atoms with Gasteiger partial charge in [-0.05, 0) is 19.3 Å². The molecule has 6 heteroatoms. The number of hydrogen-bond acceptors (Lipinski definition) is 3. The number of aliphatic imine (C=N–C) groups is 1. The molecule has 3 N–H and O–H groups in total. The van der Waals surface area contributed by atoms with Crippen LogP contribution in [-0.2, 0) is 19.4 Å². The van der Waals surface area contributed by atoms with Crippen LogP contribution in [0.1, 0.15) is 37.3 Å². The first kappa shape index (κ1) is 12.9. The van der Waals surface area contributed by atoms with Gasteiger partial charge in [0.2, 0.25) is 0 Å². The van der Waals surface area contributed by atoms with E-state index in [9.17, 15) is 0 Å². The summed E-state index contributed by atoms with van der Waals surface area (Å²) in [5.74, 6) is 2.76. The van der Waals surface area contributed by atoms with E-state index < -0.39 is 0 Å². The molecule has 0 aliphatic carbocycles. The number of nitrogens with zero attached hydrogens (tertiary/aromatic N) is 4. The van der Waals surface area contributed by atoms with Crippen molar-refractivity contribution in [1.82, 2.24) is 20.1 Å². The van der Waals surface area contributed by atoms with Gasteiger partial charge < -0.3 is 15.6 Å². The second-order valence-electron chi connectivity index (χ2n) is 4.63. The number of nitrogens with two attached hydrogens (primary N) is 1. The lowest BCUT2D eigenvalue weighted by atomic mass is 10.2. The summed E-state index contributed by atoms with van der Waals surface area (Å²) < 4.78 is 2.30. The smallest absolute Gasteiger partial charge is 0.188 e. The Balaban J connectivity index is 1.84. The first-order valence-electron chi connectivity index (χ1n) is 6.68. The average molecular weight is 250 g/mol. The van der Waals surface area contributed by atoms with Gasteiger partial charge in [0.05, 0.1) is 0 Å². The Kier molecular flexibility index (Phi) is 4.55. The third-order valence-electron chi connectivity index (χ3n) is 3.31. The van der Waals surface area contributed by atoms with Crippen LogP contribution in [0.2, 0.25) is 0 Å². The molecule has 18 heavy (non-hydrogen) atoms. The van der Waals surface area contributed by atoms with Crippen molar-refractivity contribution in [3.8, 4) is 0 Å². The molecule has 0 fully saturated rings. The van der Waals surface area contributed by atoms with Crippen LogP contribution in [0.15, 0.2) is 4.99 Å². The first-order chi connectivity index (χ1) is 8.81. The number of aryl methyl sites for hydroxylation is 2. The summed E-state index contributed by atoms with van der Waals surface area (Å²) in [5.41, 5.74) is 5.57. The quantitative estimate of drug-likeness (QED) is 0.462. The lowest BCUT2D eigenvalue weighted by Crippen LogP contribution is -2.32. The lowest BCUT2D eigenvalue weighted by molar-refractivity contribution is 0.594. The van der Waals surface area contributed by atoms with Gasteiger partial charge in [0.1, 0.15) is 11.6 Å². The second kappa shape index (κ2) is 6.37. The fraction of sp³-hybridized carbons (Fsp3) is 0.750. The highest BCUT2D eigenvalue weighted by atomic mass is 15.3. The predicted molar refractivity (Wildman–Crippen MR) is 71.4 cm³/mol. The summed E-state index contributed by atoms with van der Waals surface area (Å²) in [6, 6.07) is 0. The molecule has 1 aliphatic heterocycles. The SMILES string of the molecule is CN=C(N)NCCCc1nnc2n1CCCCC2. The Hall–Kier alpha value is -1.59. The van der Waals surface area contributed by atoms with Crippen molar-refractivity contribution in [2.45, 2.75) is 45.1 Å². The summed E-state index contributed by atoms with van der Waals surface area (Å²) >= 11 is 0. The maximum Gasteiger partial charge on any atom is 0.188 e. The Morgan fingerprint density at radius 1 is 1.39 bits per heavy atom. The Morgan fingerprint density at radius 2 is 2.28 bits per heavy atom. The summed E-state index contributed by atoms with van der Waals surface area (Å²) in [4.78, 5) is 3.86. The van der Waals surface area contributed by atoms with Crippen molar-refractivity contribution < 1.29 is 0 Å². The van der Waals surface area contributed by atoms with E-state index in [1.165, 1.54) is 19.3 Å². The van der Waals surface area contributed by atoms with Gasteiger partial charge in [-0.2, -0.15) is 0 Å². The molecule has 0 spiro atoms. The lowest BCUT2D eigenvalue weighted by Gasteiger charge is -2.07. The fourth-order valence-corrected chi connectivity index (χ4v) is 2.27. The van der Waals surface area contributed by atoms with E-state index in [0.29, 0.717) is 5.96 Å². The summed E-state index contributed by atoms with van der Waals surface area (Å²) in [5, 5.41) is 11.6. The van der Waals surface area contributed by atoms with Crippen LogP contribution in [0.4, 0.5) is 0 Å². The molecule has 0 aromatic carbocycles. The van der Waals surface area contributed by atoms with Crippen LogP contribution in [-0.4, -0.2) is 34.3 Å². The number of aromatic nitrogens is 3. The highest BCUT2D eigenvalue weighted by Crippen LogP contribution is 2.14. The molecule has 2 heterocycles. The third kappa shape index (κ3) is 3.21. The average Bonchev–Trinajstić information content (AvgIpc) is 2.62. The number of nitrogens with one attached hydrogen (secondary N) is 1. The number of fused-ring (bicyclic) bond motifs is 1. The third-order valence-corrected chi connectivity index (χ3v) is 3.31. The standard InChI is InChI=1S/C12H22N6/c1-14-12(13)15-8-5-7-11-17-16-10-6-3-2-4-9-18(10)11/h2-9H2,1H3,(H3,13,14,15). The molecule has 0 amide bonds. The summed E-state index contributed by atoms with van der Waals surface area (Å²) in [6.45, 7) is 1.90. The summed E-state index contributed by atoms with van der Waals surface area (Å²) in [6.07, 6.45) is 6.79. The molecule has 0 unspecified atom stereocenters. The van der Waals surface area contributed by atoms with Gasteiger partial charge in [-0.25, -0.2) is 0 Å². The molecule has 1 aromatic heterocycles. The minimum atomic E-state index is 0.495. The molecular weight excluding hydrogens is 228 g/mol. The van der Waals surface area contributed by atoms with E-state index in [4.69, 9.17) is 5.73 Å². The fourth-order valence-electron chi connectivity index (χ4n) is 2.27. The van der Waals surface area contributed by atoms with E-state index in [1.807, 2.05) is 0 Å². The van der Waals surface area contributed by atoms with Crippen molar-refractivity contribution in [2.24, 2.45) is 10.7 Å². The molecular formula is C12H22N6. The molecule has 100 valence electrons. The zero-order chi connectivity index (χ0) is 12.8. The largest absolute Gasteiger partial charge is 0.370 e. The molecule has 0 bridgehead atoms. The van der Waals surface area contributed by atoms with Crippen molar-refractivity contribution in [3.63, 3.8) is 0 Å². The summed E-state index contributed by atoms with van der Waals surface area (Å²) in [7, 11) is 1.68. The van der Waals surface area contributed by atoms with Crippen LogP contribution in [0.5, 0.6) is 0 Å². The topological polar surface area (TPSA) is 81.1 Å². The van der Waals surface area contributed by atoms with Crippen LogP contribution >= 0.6 is 0 Å². The molecule has 0 saturated carbocycles.